The molecule has 1 aromatic rings. The van der Waals surface area contributed by atoms with Crippen molar-refractivity contribution in [3.05, 3.63) is 71.3 Å². The standard InChI is InChI=1S/C21H22N2O4S3.Na/c1-2-23-20(24)19(29-21(23)28)11-6-3-8-16-12-14-22(13-7-15-30(25,26)27)18-10-5-4-9-17(16)18;/h3-6,8-12,14H,2,7,13,15H2,1H3,(H,25,26,27);. The van der Waals surface area contributed by atoms with Gasteiger partial charge in [0, 0.05) is 60.1 Å². The van der Waals surface area contributed by atoms with Crippen molar-refractivity contribution in [3.63, 3.8) is 0 Å². The van der Waals surface area contributed by atoms with Crippen LogP contribution in [0.25, 0.3) is 5.57 Å². The second-order valence-electron chi connectivity index (χ2n) is 6.62. The third kappa shape index (κ3) is 6.89. The van der Waals surface area contributed by atoms with Gasteiger partial charge in [-0.25, -0.2) is 0 Å². The van der Waals surface area contributed by atoms with Gasteiger partial charge in [0.1, 0.15) is 4.32 Å². The molecule has 0 bridgehead atoms. The predicted molar refractivity (Wildman–Crippen MR) is 132 cm³/mol. The number of thiocarbonyl (C=S) groups is 1. The van der Waals surface area contributed by atoms with Gasteiger partial charge >= 0.3 is 0 Å². The summed E-state index contributed by atoms with van der Waals surface area (Å²) in [6.07, 6.45) is 11.6. The molecule has 1 aromatic carbocycles. The van der Waals surface area contributed by atoms with Crippen molar-refractivity contribution < 1.29 is 17.8 Å². The number of likely N-dealkylation sites (N-methyl/N-ethyl adjacent to an activating group) is 1. The Morgan fingerprint density at radius 2 is 1.90 bits per heavy atom. The fraction of sp³-hybridized carbons (Fsp3) is 0.238. The van der Waals surface area contributed by atoms with Crippen LogP contribution in [0.5, 0.6) is 0 Å². The minimum Gasteiger partial charge on any atom is -0.347 e. The summed E-state index contributed by atoms with van der Waals surface area (Å²) in [5.74, 6) is -0.330. The van der Waals surface area contributed by atoms with Gasteiger partial charge in [-0.2, -0.15) is 8.42 Å². The summed E-state index contributed by atoms with van der Waals surface area (Å²) < 4.78 is 31.4. The number of hydrogen-bond donors (Lipinski definition) is 1. The van der Waals surface area contributed by atoms with E-state index in [1.54, 1.807) is 11.0 Å². The van der Waals surface area contributed by atoms with Gasteiger partial charge in [0.2, 0.25) is 0 Å². The van der Waals surface area contributed by atoms with Gasteiger partial charge in [0.15, 0.2) is 0 Å². The molecule has 0 unspecified atom stereocenters. The molecule has 1 N–H and O–H groups in total. The van der Waals surface area contributed by atoms with Crippen LogP contribution in [-0.4, -0.2) is 76.5 Å². The topological polar surface area (TPSA) is 77.9 Å². The van der Waals surface area contributed by atoms with Crippen LogP contribution in [0, 0.1) is 0 Å². The van der Waals surface area contributed by atoms with Crippen LogP contribution in [0.3, 0.4) is 0 Å². The number of carbonyl (C=O) groups is 1. The average molecular weight is 486 g/mol. The van der Waals surface area contributed by atoms with Gasteiger partial charge in [-0.1, -0.05) is 60.4 Å². The molecule has 2 heterocycles. The van der Waals surface area contributed by atoms with E-state index in [0.29, 0.717) is 28.7 Å². The maximum atomic E-state index is 12.2. The predicted octanol–water partition coefficient (Wildman–Crippen LogP) is 3.62. The number of amides is 1. The molecule has 6 nitrogen and oxygen atoms in total. The molecule has 10 heteroatoms. The molecule has 1 saturated heterocycles. The molecule has 0 saturated carbocycles. The van der Waals surface area contributed by atoms with Crippen molar-refractivity contribution in [3.8, 4) is 0 Å². The van der Waals surface area contributed by atoms with E-state index >= 15 is 0 Å². The maximum Gasteiger partial charge on any atom is 0.266 e. The summed E-state index contributed by atoms with van der Waals surface area (Å²) in [4.78, 5) is 16.4. The number of carbonyl (C=O) groups excluding carboxylic acids is 1. The van der Waals surface area contributed by atoms with Gasteiger partial charge in [0.25, 0.3) is 16.0 Å². The van der Waals surface area contributed by atoms with Crippen molar-refractivity contribution in [2.45, 2.75) is 13.3 Å². The van der Waals surface area contributed by atoms with Crippen LogP contribution in [-0.2, 0) is 14.9 Å². The summed E-state index contributed by atoms with van der Waals surface area (Å²) in [6.45, 7) is 2.95. The zero-order chi connectivity index (χ0) is 21.7. The van der Waals surface area contributed by atoms with Crippen LogP contribution in [0.2, 0.25) is 0 Å². The molecule has 1 radical (unpaired) electrons. The SMILES string of the molecule is CCN1C(=O)C(=CC=CC=C2C=CN(CCCS(=O)(=O)O)c3ccccc32)SC1=S.[Na]. The molecular weight excluding hydrogens is 463 g/mol. The number of rotatable bonds is 7. The van der Waals surface area contributed by atoms with Gasteiger partial charge in [-0.15, -0.1) is 0 Å². The normalized spacial score (nSPS) is 18.9. The summed E-state index contributed by atoms with van der Waals surface area (Å²) in [5, 5.41) is 0. The Morgan fingerprint density at radius 3 is 2.58 bits per heavy atom. The average Bonchev–Trinajstić information content (AvgIpc) is 2.98. The number of para-hydroxylation sites is 1. The van der Waals surface area contributed by atoms with Gasteiger partial charge in [-0.3, -0.25) is 14.2 Å². The molecule has 0 aliphatic carbocycles. The van der Waals surface area contributed by atoms with E-state index in [0.717, 1.165) is 16.8 Å². The smallest absolute Gasteiger partial charge is 0.266 e. The van der Waals surface area contributed by atoms with Gasteiger partial charge in [0.05, 0.1) is 10.7 Å². The molecule has 0 atom stereocenters. The van der Waals surface area contributed by atoms with E-state index in [9.17, 15) is 13.2 Å². The number of fused-ring (bicyclic) bond motifs is 1. The Bertz CT molecular complexity index is 1080. The van der Waals surface area contributed by atoms with Crippen molar-refractivity contribution in [2.24, 2.45) is 0 Å². The third-order valence-corrected chi connectivity index (χ3v) is 6.78. The number of benzene rings is 1. The van der Waals surface area contributed by atoms with Crippen molar-refractivity contribution in [2.75, 3.05) is 23.7 Å². The fourth-order valence-corrected chi connectivity index (χ4v) is 4.98. The summed E-state index contributed by atoms with van der Waals surface area (Å²) in [6, 6.07) is 7.85. The first kappa shape index (κ1) is 26.1. The van der Waals surface area contributed by atoms with Crippen LogP contribution < -0.4 is 4.90 Å². The number of nitrogens with zero attached hydrogens (tertiary/aromatic N) is 2. The first-order valence-electron chi connectivity index (χ1n) is 9.42. The van der Waals surface area contributed by atoms with Crippen LogP contribution >= 0.6 is 24.0 Å². The monoisotopic (exact) mass is 485 g/mol. The molecule has 0 aromatic heterocycles. The van der Waals surface area contributed by atoms with Gasteiger partial charge < -0.3 is 4.90 Å². The molecule has 159 valence electrons. The number of allylic oxidation sites excluding steroid dienone is 6. The van der Waals surface area contributed by atoms with E-state index in [-0.39, 0.29) is 41.2 Å². The van der Waals surface area contributed by atoms with Crippen molar-refractivity contribution in [1.82, 2.24) is 4.90 Å². The van der Waals surface area contributed by atoms with Crippen LogP contribution in [0.4, 0.5) is 5.69 Å². The maximum absolute atomic E-state index is 12.2. The Balaban J connectivity index is 0.00000341. The molecule has 31 heavy (non-hydrogen) atoms. The third-order valence-electron chi connectivity index (χ3n) is 4.58. The summed E-state index contributed by atoms with van der Waals surface area (Å²) in [7, 11) is -3.96. The summed E-state index contributed by atoms with van der Waals surface area (Å²) in [5.41, 5.74) is 3.00. The Kier molecular flexibility index (Phi) is 9.75. The van der Waals surface area contributed by atoms with Crippen LogP contribution in [0.15, 0.2) is 65.8 Å². The zero-order valence-electron chi connectivity index (χ0n) is 17.4. The number of hydrogen-bond acceptors (Lipinski definition) is 6. The summed E-state index contributed by atoms with van der Waals surface area (Å²) >= 11 is 6.52. The van der Waals surface area contributed by atoms with Crippen molar-refractivity contribution in [1.29, 1.82) is 0 Å². The van der Waals surface area contributed by atoms with E-state index in [2.05, 4.69) is 0 Å². The number of anilines is 1. The van der Waals surface area contributed by atoms with E-state index in [1.807, 2.05) is 66.6 Å². The molecule has 3 rings (SSSR count). The molecule has 2 aliphatic rings. The molecule has 1 amide bonds. The van der Waals surface area contributed by atoms with E-state index in [4.69, 9.17) is 16.8 Å². The van der Waals surface area contributed by atoms with Gasteiger partial charge in [-0.05, 0) is 37.1 Å². The minimum atomic E-state index is -3.96. The van der Waals surface area contributed by atoms with Crippen molar-refractivity contribution >= 4 is 85.1 Å². The first-order valence-corrected chi connectivity index (χ1v) is 12.3. The molecule has 2 aliphatic heterocycles. The Hall–Kier alpha value is -1.20. The van der Waals surface area contributed by atoms with E-state index < -0.39 is 10.1 Å². The molecular formula is C21H22N2NaO4S3. The first-order chi connectivity index (χ1) is 14.3. The molecule has 1 fully saturated rings. The quantitative estimate of drug-likeness (QED) is 0.274. The second kappa shape index (κ2) is 11.6. The minimum absolute atomic E-state index is 0. The fourth-order valence-electron chi connectivity index (χ4n) is 3.16. The second-order valence-corrected chi connectivity index (χ2v) is 9.87. The largest absolute Gasteiger partial charge is 0.347 e. The molecule has 0 spiro atoms. The van der Waals surface area contributed by atoms with Crippen LogP contribution in [0.1, 0.15) is 18.9 Å². The Morgan fingerprint density at radius 1 is 1.19 bits per heavy atom. The van der Waals surface area contributed by atoms with E-state index in [1.165, 1.54) is 11.8 Å². The Labute approximate surface area is 214 Å². The zero-order valence-corrected chi connectivity index (χ0v) is 21.8. The number of thioether (sulfide) groups is 1.